The van der Waals surface area contributed by atoms with E-state index in [9.17, 15) is 9.90 Å². The van der Waals surface area contributed by atoms with Crippen molar-refractivity contribution >= 4 is 16.7 Å². The summed E-state index contributed by atoms with van der Waals surface area (Å²) in [7, 11) is 0. The Kier molecular flexibility index (Phi) is 4.67. The van der Waals surface area contributed by atoms with Crippen LogP contribution in [0.1, 0.15) is 30.0 Å². The normalized spacial score (nSPS) is 19.3. The van der Waals surface area contributed by atoms with Crippen LogP contribution in [0.3, 0.4) is 0 Å². The summed E-state index contributed by atoms with van der Waals surface area (Å²) in [5, 5.41) is 11.9. The maximum atomic E-state index is 11.6. The summed E-state index contributed by atoms with van der Waals surface area (Å²) in [5.41, 5.74) is 2.32. The minimum atomic E-state index is -0.697. The molecule has 2 unspecified atom stereocenters. The first-order chi connectivity index (χ1) is 12.7. The molecule has 1 aromatic heterocycles. The molecule has 4 rings (SSSR count). The van der Waals surface area contributed by atoms with Gasteiger partial charge in [-0.3, -0.25) is 14.7 Å². The van der Waals surface area contributed by atoms with E-state index >= 15 is 0 Å². The van der Waals surface area contributed by atoms with Gasteiger partial charge in [-0.25, -0.2) is 0 Å². The van der Waals surface area contributed by atoms with Gasteiger partial charge >= 0.3 is 5.97 Å². The van der Waals surface area contributed by atoms with Gasteiger partial charge in [0.15, 0.2) is 0 Å². The van der Waals surface area contributed by atoms with Crippen molar-refractivity contribution < 1.29 is 9.90 Å². The van der Waals surface area contributed by atoms with Gasteiger partial charge in [-0.15, -0.1) is 0 Å². The van der Waals surface area contributed by atoms with E-state index in [1.54, 1.807) is 6.20 Å². The third-order valence-corrected chi connectivity index (χ3v) is 5.29. The second kappa shape index (κ2) is 7.26. The van der Waals surface area contributed by atoms with Gasteiger partial charge in [-0.05, 0) is 47.4 Å². The molecule has 0 bridgehead atoms. The van der Waals surface area contributed by atoms with Gasteiger partial charge in [-0.1, -0.05) is 48.5 Å². The van der Waals surface area contributed by atoms with Crippen LogP contribution in [0.4, 0.5) is 0 Å². The van der Waals surface area contributed by atoms with Gasteiger partial charge in [0.1, 0.15) is 0 Å². The third-order valence-electron chi connectivity index (χ3n) is 5.29. The molecule has 4 heteroatoms. The number of carboxylic acids is 1. The molecule has 1 aliphatic rings. The summed E-state index contributed by atoms with van der Waals surface area (Å²) >= 11 is 0. The molecule has 1 N–H and O–H groups in total. The van der Waals surface area contributed by atoms with Crippen LogP contribution in [0.15, 0.2) is 67.0 Å². The van der Waals surface area contributed by atoms with Crippen LogP contribution in [-0.4, -0.2) is 34.0 Å². The monoisotopic (exact) mass is 346 g/mol. The fourth-order valence-electron chi connectivity index (χ4n) is 4.06. The Morgan fingerprint density at radius 3 is 2.77 bits per heavy atom. The lowest BCUT2D eigenvalue weighted by atomic mass is 9.89. The van der Waals surface area contributed by atoms with Crippen LogP contribution in [-0.2, 0) is 4.79 Å². The summed E-state index contributed by atoms with van der Waals surface area (Å²) in [5.74, 6) is -1.00. The molecule has 2 atom stereocenters. The first-order valence-corrected chi connectivity index (χ1v) is 9.08. The van der Waals surface area contributed by atoms with Crippen molar-refractivity contribution in [3.8, 4) is 0 Å². The van der Waals surface area contributed by atoms with Crippen molar-refractivity contribution in [1.29, 1.82) is 0 Å². The smallest absolute Gasteiger partial charge is 0.307 e. The first-order valence-electron chi connectivity index (χ1n) is 9.08. The van der Waals surface area contributed by atoms with Crippen molar-refractivity contribution in [2.45, 2.75) is 18.9 Å². The van der Waals surface area contributed by atoms with Gasteiger partial charge in [-0.2, -0.15) is 0 Å². The van der Waals surface area contributed by atoms with E-state index in [-0.39, 0.29) is 12.0 Å². The van der Waals surface area contributed by atoms with E-state index in [2.05, 4.69) is 52.3 Å². The number of hydrogen-bond acceptors (Lipinski definition) is 3. The van der Waals surface area contributed by atoms with Crippen LogP contribution in [0.25, 0.3) is 10.8 Å². The van der Waals surface area contributed by atoms with E-state index in [1.165, 1.54) is 16.3 Å². The minimum absolute atomic E-state index is 0.0111. The van der Waals surface area contributed by atoms with Crippen molar-refractivity contribution in [2.24, 2.45) is 5.92 Å². The lowest BCUT2D eigenvalue weighted by Gasteiger charge is -2.38. The molecule has 0 saturated carbocycles. The van der Waals surface area contributed by atoms with Crippen LogP contribution in [0.5, 0.6) is 0 Å². The molecule has 2 aromatic carbocycles. The number of fused-ring (bicyclic) bond motifs is 1. The lowest BCUT2D eigenvalue weighted by molar-refractivity contribution is -0.143. The zero-order chi connectivity index (χ0) is 17.9. The van der Waals surface area contributed by atoms with Gasteiger partial charge in [0, 0.05) is 18.9 Å². The van der Waals surface area contributed by atoms with Gasteiger partial charge in [0.2, 0.25) is 0 Å². The molecule has 132 valence electrons. The van der Waals surface area contributed by atoms with E-state index in [0.29, 0.717) is 6.54 Å². The minimum Gasteiger partial charge on any atom is -0.481 e. The molecule has 0 spiro atoms. The van der Waals surface area contributed by atoms with Crippen molar-refractivity contribution in [2.75, 3.05) is 13.1 Å². The molecular weight excluding hydrogens is 324 g/mol. The molecule has 1 aliphatic heterocycles. The molecule has 1 saturated heterocycles. The molecule has 0 aliphatic carbocycles. The van der Waals surface area contributed by atoms with Gasteiger partial charge in [0.05, 0.1) is 12.0 Å². The fourth-order valence-corrected chi connectivity index (χ4v) is 4.06. The summed E-state index contributed by atoms with van der Waals surface area (Å²) in [4.78, 5) is 18.2. The van der Waals surface area contributed by atoms with Gasteiger partial charge < -0.3 is 5.11 Å². The Bertz CT molecular complexity index is 905. The first kappa shape index (κ1) is 16.7. The van der Waals surface area contributed by atoms with Crippen molar-refractivity contribution in [1.82, 2.24) is 9.88 Å². The lowest BCUT2D eigenvalue weighted by Crippen LogP contribution is -2.41. The van der Waals surface area contributed by atoms with E-state index in [4.69, 9.17) is 0 Å². The molecule has 3 aromatic rings. The molecule has 26 heavy (non-hydrogen) atoms. The number of likely N-dealkylation sites (tertiary alicyclic amines) is 1. The number of benzene rings is 2. The number of hydrogen-bond donors (Lipinski definition) is 1. The average Bonchev–Trinajstić information content (AvgIpc) is 2.69. The SMILES string of the molecule is O=C(O)C1CCCN(C(c2cccnc2)c2cccc3ccccc23)C1. The average molecular weight is 346 g/mol. The third kappa shape index (κ3) is 3.20. The maximum absolute atomic E-state index is 11.6. The highest BCUT2D eigenvalue weighted by Gasteiger charge is 2.32. The van der Waals surface area contributed by atoms with Crippen LogP contribution < -0.4 is 0 Å². The highest BCUT2D eigenvalue weighted by Crippen LogP contribution is 2.35. The Hall–Kier alpha value is -2.72. The molecular formula is C22H22N2O2. The maximum Gasteiger partial charge on any atom is 0.307 e. The predicted molar refractivity (Wildman–Crippen MR) is 102 cm³/mol. The van der Waals surface area contributed by atoms with Crippen molar-refractivity contribution in [3.63, 3.8) is 0 Å². The highest BCUT2D eigenvalue weighted by atomic mass is 16.4. The summed E-state index contributed by atoms with van der Waals surface area (Å²) in [6.07, 6.45) is 5.33. The number of pyridine rings is 1. The molecule has 0 radical (unpaired) electrons. The number of piperidine rings is 1. The molecule has 4 nitrogen and oxygen atoms in total. The fraction of sp³-hybridized carbons (Fsp3) is 0.273. The van der Waals surface area contributed by atoms with Crippen LogP contribution in [0, 0.1) is 5.92 Å². The highest BCUT2D eigenvalue weighted by molar-refractivity contribution is 5.86. The zero-order valence-electron chi connectivity index (χ0n) is 14.6. The largest absolute Gasteiger partial charge is 0.481 e. The Labute approximate surface area is 153 Å². The number of rotatable bonds is 4. The zero-order valence-corrected chi connectivity index (χ0v) is 14.6. The van der Waals surface area contributed by atoms with Crippen LogP contribution >= 0.6 is 0 Å². The summed E-state index contributed by atoms with van der Waals surface area (Å²) < 4.78 is 0. The van der Waals surface area contributed by atoms with E-state index in [0.717, 1.165) is 24.9 Å². The summed E-state index contributed by atoms with van der Waals surface area (Å²) in [6.45, 7) is 1.46. The topological polar surface area (TPSA) is 53.4 Å². The van der Waals surface area contributed by atoms with Crippen LogP contribution in [0.2, 0.25) is 0 Å². The number of aliphatic carboxylic acids is 1. The standard InChI is InChI=1S/C22H22N2O2/c25-22(26)18-9-5-13-24(15-18)21(17-8-4-12-23-14-17)20-11-3-7-16-6-1-2-10-19(16)20/h1-4,6-8,10-12,14,18,21H,5,9,13,15H2,(H,25,26). The Morgan fingerprint density at radius 2 is 1.96 bits per heavy atom. The number of carbonyl (C=O) groups is 1. The van der Waals surface area contributed by atoms with E-state index < -0.39 is 5.97 Å². The molecule has 1 fully saturated rings. The summed E-state index contributed by atoms with van der Waals surface area (Å²) in [6, 6.07) is 18.8. The number of nitrogens with zero attached hydrogens (tertiary/aromatic N) is 2. The number of carboxylic acid groups (broad SMARTS) is 1. The predicted octanol–water partition coefficient (Wildman–Crippen LogP) is 4.12. The molecule has 0 amide bonds. The second-order valence-corrected chi connectivity index (χ2v) is 6.93. The van der Waals surface area contributed by atoms with Crippen molar-refractivity contribution in [3.05, 3.63) is 78.1 Å². The number of aromatic nitrogens is 1. The molecule has 2 heterocycles. The Morgan fingerprint density at radius 1 is 1.12 bits per heavy atom. The van der Waals surface area contributed by atoms with E-state index in [1.807, 2.05) is 18.3 Å². The second-order valence-electron chi connectivity index (χ2n) is 6.93. The van der Waals surface area contributed by atoms with Gasteiger partial charge in [0.25, 0.3) is 0 Å². The Balaban J connectivity index is 1.82. The quantitative estimate of drug-likeness (QED) is 0.772.